The molecule has 0 amide bonds. The Kier molecular flexibility index (Phi) is 3.67. The highest BCUT2D eigenvalue weighted by Gasteiger charge is 2.35. The van der Waals surface area contributed by atoms with Crippen LogP contribution in [0, 0.1) is 5.41 Å². The van der Waals surface area contributed by atoms with Gasteiger partial charge < -0.3 is 5.32 Å². The lowest BCUT2D eigenvalue weighted by atomic mass is 9.74. The molecule has 108 valence electrons. The molecule has 0 radical (unpaired) electrons. The molecule has 1 saturated carbocycles. The number of rotatable bonds is 2. The number of hydrogen-bond acceptors (Lipinski definition) is 3. The van der Waals surface area contributed by atoms with Crippen molar-refractivity contribution in [3.05, 3.63) is 35.7 Å². The summed E-state index contributed by atoms with van der Waals surface area (Å²) in [6.45, 7) is 5.34. The summed E-state index contributed by atoms with van der Waals surface area (Å²) in [5, 5.41) is 2.92. The second-order valence-corrected chi connectivity index (χ2v) is 6.54. The maximum atomic E-state index is 13.6. The molecule has 4 heteroatoms. The Hall–Kier alpha value is -1.71. The van der Waals surface area contributed by atoms with E-state index in [2.05, 4.69) is 5.32 Å². The zero-order valence-electron chi connectivity index (χ0n) is 12.1. The van der Waals surface area contributed by atoms with Crippen molar-refractivity contribution in [1.82, 2.24) is 5.32 Å². The number of Topliss-reactive ketones (excluding diaryl/α,β-unsaturated/α-hetero) is 2. The third-order valence-corrected chi connectivity index (χ3v) is 3.59. The van der Waals surface area contributed by atoms with E-state index in [4.69, 9.17) is 0 Å². The highest BCUT2D eigenvalue weighted by molar-refractivity contribution is 6.22. The van der Waals surface area contributed by atoms with Crippen LogP contribution in [0.15, 0.2) is 35.7 Å². The van der Waals surface area contributed by atoms with Gasteiger partial charge >= 0.3 is 0 Å². The largest absolute Gasteiger partial charge is 0.361 e. The SMILES string of the molecule is CC1(F)C=CC(NC=C2C(=O)CC(C)(C)CC2=O)=CC1. The molecule has 0 saturated heterocycles. The lowest BCUT2D eigenvalue weighted by molar-refractivity contribution is -0.127. The summed E-state index contributed by atoms with van der Waals surface area (Å²) in [5.74, 6) is -0.260. The van der Waals surface area contributed by atoms with Crippen molar-refractivity contribution in [2.45, 2.75) is 45.7 Å². The van der Waals surface area contributed by atoms with Gasteiger partial charge in [0.2, 0.25) is 0 Å². The number of carbonyl (C=O) groups excluding carboxylic acids is 2. The van der Waals surface area contributed by atoms with Crippen LogP contribution in [0.1, 0.15) is 40.0 Å². The molecule has 1 fully saturated rings. The topological polar surface area (TPSA) is 46.2 Å². The van der Waals surface area contributed by atoms with Crippen molar-refractivity contribution in [3.63, 3.8) is 0 Å². The van der Waals surface area contributed by atoms with Gasteiger partial charge in [-0.15, -0.1) is 0 Å². The van der Waals surface area contributed by atoms with Crippen LogP contribution in [0.25, 0.3) is 0 Å². The molecule has 2 aliphatic carbocycles. The van der Waals surface area contributed by atoms with Gasteiger partial charge in [-0.3, -0.25) is 9.59 Å². The maximum absolute atomic E-state index is 13.6. The molecule has 2 aliphatic rings. The minimum atomic E-state index is -1.32. The molecule has 1 atom stereocenters. The molecule has 0 aliphatic heterocycles. The lowest BCUT2D eigenvalue weighted by Crippen LogP contribution is -2.32. The van der Waals surface area contributed by atoms with Crippen molar-refractivity contribution < 1.29 is 14.0 Å². The number of carbonyl (C=O) groups is 2. The number of nitrogens with one attached hydrogen (secondary N) is 1. The molecule has 0 aromatic rings. The number of alkyl halides is 1. The van der Waals surface area contributed by atoms with Crippen molar-refractivity contribution in [3.8, 4) is 0 Å². The molecule has 0 heterocycles. The van der Waals surface area contributed by atoms with E-state index in [0.29, 0.717) is 18.5 Å². The number of ketones is 2. The van der Waals surface area contributed by atoms with Gasteiger partial charge in [-0.1, -0.05) is 19.9 Å². The van der Waals surface area contributed by atoms with E-state index in [1.807, 2.05) is 13.8 Å². The van der Waals surface area contributed by atoms with Crippen LogP contribution in [0.5, 0.6) is 0 Å². The van der Waals surface area contributed by atoms with Crippen LogP contribution < -0.4 is 5.32 Å². The number of hydrogen-bond donors (Lipinski definition) is 1. The molecule has 20 heavy (non-hydrogen) atoms. The second-order valence-electron chi connectivity index (χ2n) is 6.54. The fourth-order valence-electron chi connectivity index (χ4n) is 2.41. The summed E-state index contributed by atoms with van der Waals surface area (Å²) in [6, 6.07) is 0. The first-order chi connectivity index (χ1) is 9.19. The van der Waals surface area contributed by atoms with Gasteiger partial charge in [-0.25, -0.2) is 4.39 Å². The summed E-state index contributed by atoms with van der Waals surface area (Å²) in [7, 11) is 0. The quantitative estimate of drug-likeness (QED) is 0.623. The first-order valence-electron chi connectivity index (χ1n) is 6.80. The molecule has 0 bridgehead atoms. The van der Waals surface area contributed by atoms with Gasteiger partial charge in [0.05, 0.1) is 5.57 Å². The van der Waals surface area contributed by atoms with Crippen molar-refractivity contribution in [1.29, 1.82) is 0 Å². The van der Waals surface area contributed by atoms with Gasteiger partial charge in [0.15, 0.2) is 11.6 Å². The van der Waals surface area contributed by atoms with Crippen LogP contribution in [0.3, 0.4) is 0 Å². The first-order valence-corrected chi connectivity index (χ1v) is 6.80. The van der Waals surface area contributed by atoms with E-state index in [1.165, 1.54) is 19.2 Å². The molecular weight excluding hydrogens is 257 g/mol. The van der Waals surface area contributed by atoms with E-state index < -0.39 is 5.67 Å². The summed E-state index contributed by atoms with van der Waals surface area (Å²) in [5.41, 5.74) is -0.657. The highest BCUT2D eigenvalue weighted by Crippen LogP contribution is 2.33. The minimum Gasteiger partial charge on any atom is -0.361 e. The minimum absolute atomic E-state index is 0.130. The zero-order chi connectivity index (χ0) is 15.0. The van der Waals surface area contributed by atoms with E-state index in [1.54, 1.807) is 12.2 Å². The van der Waals surface area contributed by atoms with Crippen molar-refractivity contribution >= 4 is 11.6 Å². The molecule has 3 nitrogen and oxygen atoms in total. The van der Waals surface area contributed by atoms with Gasteiger partial charge in [-0.05, 0) is 24.5 Å². The van der Waals surface area contributed by atoms with E-state index in [-0.39, 0.29) is 29.0 Å². The summed E-state index contributed by atoms with van der Waals surface area (Å²) >= 11 is 0. The maximum Gasteiger partial charge on any atom is 0.168 e. The van der Waals surface area contributed by atoms with Crippen LogP contribution >= 0.6 is 0 Å². The van der Waals surface area contributed by atoms with Gasteiger partial charge in [-0.2, -0.15) is 0 Å². The summed E-state index contributed by atoms with van der Waals surface area (Å²) < 4.78 is 13.6. The molecule has 1 unspecified atom stereocenters. The molecule has 0 aromatic carbocycles. The summed E-state index contributed by atoms with van der Waals surface area (Å²) in [4.78, 5) is 23.9. The normalized spacial score (nSPS) is 29.2. The van der Waals surface area contributed by atoms with Gasteiger partial charge in [0.25, 0.3) is 0 Å². The predicted molar refractivity (Wildman–Crippen MR) is 75.6 cm³/mol. The molecule has 2 rings (SSSR count). The number of allylic oxidation sites excluding steroid dienone is 4. The van der Waals surface area contributed by atoms with Crippen LogP contribution in [-0.2, 0) is 9.59 Å². The van der Waals surface area contributed by atoms with Gasteiger partial charge in [0.1, 0.15) is 5.67 Å². The Morgan fingerprint density at radius 1 is 1.20 bits per heavy atom. The monoisotopic (exact) mass is 277 g/mol. The Labute approximate surface area is 118 Å². The lowest BCUT2D eigenvalue weighted by Gasteiger charge is -2.28. The standard InChI is InChI=1S/C16H20FNO2/c1-15(2)8-13(19)12(14(20)9-15)10-18-11-4-6-16(3,17)7-5-11/h4-6,10,18H,7-9H2,1-3H3. The smallest absolute Gasteiger partial charge is 0.168 e. The van der Waals surface area contributed by atoms with Crippen LogP contribution in [0.4, 0.5) is 4.39 Å². The summed E-state index contributed by atoms with van der Waals surface area (Å²) in [6.07, 6.45) is 7.32. The Morgan fingerprint density at radius 3 is 2.30 bits per heavy atom. The molecular formula is C16H20FNO2. The fraction of sp³-hybridized carbons (Fsp3) is 0.500. The Balaban J connectivity index is 2.06. The second kappa shape index (κ2) is 5.00. The first kappa shape index (κ1) is 14.7. The third kappa shape index (κ3) is 3.44. The fourth-order valence-corrected chi connectivity index (χ4v) is 2.41. The van der Waals surface area contributed by atoms with Crippen molar-refractivity contribution in [2.75, 3.05) is 0 Å². The van der Waals surface area contributed by atoms with Gasteiger partial charge in [0, 0.05) is 31.2 Å². The zero-order valence-corrected chi connectivity index (χ0v) is 12.1. The Bertz CT molecular complexity index is 517. The van der Waals surface area contributed by atoms with E-state index >= 15 is 0 Å². The molecule has 0 aromatic heterocycles. The third-order valence-electron chi connectivity index (χ3n) is 3.59. The highest BCUT2D eigenvalue weighted by atomic mass is 19.1. The molecule has 0 spiro atoms. The van der Waals surface area contributed by atoms with Crippen LogP contribution in [-0.4, -0.2) is 17.2 Å². The van der Waals surface area contributed by atoms with E-state index in [0.717, 1.165) is 0 Å². The van der Waals surface area contributed by atoms with Crippen molar-refractivity contribution in [2.24, 2.45) is 5.41 Å². The predicted octanol–water partition coefficient (Wildman–Crippen LogP) is 2.99. The Morgan fingerprint density at radius 2 is 1.80 bits per heavy atom. The van der Waals surface area contributed by atoms with Crippen LogP contribution in [0.2, 0.25) is 0 Å². The average molecular weight is 277 g/mol. The molecule has 1 N–H and O–H groups in total. The average Bonchev–Trinajstić information content (AvgIpc) is 2.28. The number of halogens is 1. The van der Waals surface area contributed by atoms with E-state index in [9.17, 15) is 14.0 Å².